The minimum Gasteiger partial charge on any atom is -0.462 e. The van der Waals surface area contributed by atoms with Crippen LogP contribution in [0.15, 0.2) is 24.3 Å². The topological polar surface area (TPSA) is 64.6 Å². The number of ether oxygens (including phenoxy) is 2. The lowest BCUT2D eigenvalue weighted by atomic mass is 9.89. The summed E-state index contributed by atoms with van der Waals surface area (Å²) >= 11 is 0. The highest BCUT2D eigenvalue weighted by Crippen LogP contribution is 2.26. The van der Waals surface area contributed by atoms with Crippen LogP contribution in [0.5, 0.6) is 0 Å². The Morgan fingerprint density at radius 2 is 1.95 bits per heavy atom. The number of carbonyl (C=O) groups is 2. The molecular weight excluding hydrogens is 282 g/mol. The van der Waals surface area contributed by atoms with E-state index < -0.39 is 6.09 Å². The molecule has 1 aromatic rings. The molecule has 0 aliphatic heterocycles. The molecule has 0 spiro atoms. The van der Waals surface area contributed by atoms with E-state index in [9.17, 15) is 9.59 Å². The number of rotatable bonds is 4. The van der Waals surface area contributed by atoms with Crippen LogP contribution >= 0.6 is 0 Å². The number of nitrogens with one attached hydrogen (secondary N) is 1. The van der Waals surface area contributed by atoms with Crippen LogP contribution in [-0.4, -0.2) is 24.8 Å². The third-order valence-electron chi connectivity index (χ3n) is 3.80. The van der Waals surface area contributed by atoms with Crippen LogP contribution in [0.3, 0.4) is 0 Å². The standard InChI is InChI=1S/C17H23NO4/c1-3-21-16(19)13-7-9-14(10-8-13)18-17(20)22-15-6-4-5-12(2)11-15/h7-10,12,15H,3-6,11H2,1-2H3,(H,18,20)/t12-,15+/m0/s1. The third-order valence-corrected chi connectivity index (χ3v) is 3.80. The molecule has 1 aromatic carbocycles. The summed E-state index contributed by atoms with van der Waals surface area (Å²) in [7, 11) is 0. The van der Waals surface area contributed by atoms with E-state index >= 15 is 0 Å². The molecule has 1 amide bonds. The number of esters is 1. The predicted octanol–water partition coefficient (Wildman–Crippen LogP) is 3.99. The summed E-state index contributed by atoms with van der Waals surface area (Å²) in [6, 6.07) is 6.57. The summed E-state index contributed by atoms with van der Waals surface area (Å²) in [5.41, 5.74) is 1.06. The first kappa shape index (κ1) is 16.3. The first-order chi connectivity index (χ1) is 10.6. The Balaban J connectivity index is 1.85. The number of anilines is 1. The van der Waals surface area contributed by atoms with Gasteiger partial charge in [-0.1, -0.05) is 13.3 Å². The zero-order valence-electron chi connectivity index (χ0n) is 13.1. The molecule has 0 bridgehead atoms. The second-order valence-electron chi connectivity index (χ2n) is 5.72. The summed E-state index contributed by atoms with van der Waals surface area (Å²) in [6.07, 6.45) is 3.73. The van der Waals surface area contributed by atoms with Gasteiger partial charge in [0.2, 0.25) is 0 Å². The molecule has 5 heteroatoms. The minimum atomic E-state index is -0.442. The molecule has 0 radical (unpaired) electrons. The Morgan fingerprint density at radius 3 is 2.59 bits per heavy atom. The van der Waals surface area contributed by atoms with Gasteiger partial charge in [0.15, 0.2) is 0 Å². The van der Waals surface area contributed by atoms with Gasteiger partial charge < -0.3 is 9.47 Å². The average molecular weight is 305 g/mol. The Labute approximate surface area is 131 Å². The van der Waals surface area contributed by atoms with Crippen LogP contribution in [0, 0.1) is 5.92 Å². The van der Waals surface area contributed by atoms with Gasteiger partial charge in [-0.05, 0) is 56.4 Å². The van der Waals surface area contributed by atoms with Crippen molar-refractivity contribution in [2.45, 2.75) is 45.6 Å². The van der Waals surface area contributed by atoms with Crippen molar-refractivity contribution in [1.82, 2.24) is 0 Å². The molecule has 1 aliphatic rings. The Kier molecular flexibility index (Phi) is 5.81. The van der Waals surface area contributed by atoms with Gasteiger partial charge in [0.1, 0.15) is 6.10 Å². The van der Waals surface area contributed by atoms with Gasteiger partial charge in [-0.15, -0.1) is 0 Å². The van der Waals surface area contributed by atoms with Crippen LogP contribution < -0.4 is 5.32 Å². The molecule has 2 atom stereocenters. The van der Waals surface area contributed by atoms with Crippen LogP contribution in [0.25, 0.3) is 0 Å². The SMILES string of the molecule is CCOC(=O)c1ccc(NC(=O)O[C@@H]2CCC[C@H](C)C2)cc1. The summed E-state index contributed by atoms with van der Waals surface area (Å²) in [4.78, 5) is 23.4. The zero-order chi connectivity index (χ0) is 15.9. The van der Waals surface area contributed by atoms with Crippen molar-refractivity contribution in [2.75, 3.05) is 11.9 Å². The zero-order valence-corrected chi connectivity index (χ0v) is 13.1. The fraction of sp³-hybridized carbons (Fsp3) is 0.529. The van der Waals surface area contributed by atoms with E-state index in [0.717, 1.165) is 19.3 Å². The summed E-state index contributed by atoms with van der Waals surface area (Å²) in [6.45, 7) is 4.28. The maximum atomic E-state index is 11.9. The first-order valence-corrected chi connectivity index (χ1v) is 7.83. The second kappa shape index (κ2) is 7.82. The van der Waals surface area contributed by atoms with Gasteiger partial charge in [0.25, 0.3) is 0 Å². The fourth-order valence-corrected chi connectivity index (χ4v) is 2.69. The predicted molar refractivity (Wildman–Crippen MR) is 83.9 cm³/mol. The second-order valence-corrected chi connectivity index (χ2v) is 5.72. The largest absolute Gasteiger partial charge is 0.462 e. The van der Waals surface area contributed by atoms with Crippen molar-refractivity contribution in [2.24, 2.45) is 5.92 Å². The quantitative estimate of drug-likeness (QED) is 0.854. The van der Waals surface area contributed by atoms with Gasteiger partial charge in [-0.25, -0.2) is 9.59 Å². The van der Waals surface area contributed by atoms with E-state index in [4.69, 9.17) is 9.47 Å². The highest BCUT2D eigenvalue weighted by Gasteiger charge is 2.22. The summed E-state index contributed by atoms with van der Waals surface area (Å²) in [5, 5.41) is 2.69. The molecule has 0 unspecified atom stereocenters. The molecule has 0 saturated heterocycles. The van der Waals surface area contributed by atoms with Crippen LogP contribution in [0.1, 0.15) is 49.9 Å². The molecule has 2 rings (SSSR count). The van der Waals surface area contributed by atoms with Crippen molar-refractivity contribution in [3.63, 3.8) is 0 Å². The maximum Gasteiger partial charge on any atom is 0.411 e. The average Bonchev–Trinajstić information content (AvgIpc) is 2.48. The number of amides is 1. The van der Waals surface area contributed by atoms with Gasteiger partial charge in [0.05, 0.1) is 12.2 Å². The Bertz CT molecular complexity index is 512. The molecule has 1 aliphatic carbocycles. The monoisotopic (exact) mass is 305 g/mol. The molecule has 5 nitrogen and oxygen atoms in total. The van der Waals surface area contributed by atoms with Crippen molar-refractivity contribution < 1.29 is 19.1 Å². The summed E-state index contributed by atoms with van der Waals surface area (Å²) < 4.78 is 10.3. The van der Waals surface area contributed by atoms with Crippen molar-refractivity contribution in [1.29, 1.82) is 0 Å². The van der Waals surface area contributed by atoms with Gasteiger partial charge in [-0.3, -0.25) is 5.32 Å². The molecule has 22 heavy (non-hydrogen) atoms. The van der Waals surface area contributed by atoms with Crippen molar-refractivity contribution >= 4 is 17.7 Å². The van der Waals surface area contributed by atoms with E-state index in [2.05, 4.69) is 12.2 Å². The lowest BCUT2D eigenvalue weighted by Gasteiger charge is -2.26. The van der Waals surface area contributed by atoms with E-state index in [1.54, 1.807) is 31.2 Å². The van der Waals surface area contributed by atoms with Gasteiger partial charge in [-0.2, -0.15) is 0 Å². The van der Waals surface area contributed by atoms with Crippen LogP contribution in [-0.2, 0) is 9.47 Å². The molecular formula is C17H23NO4. The lowest BCUT2D eigenvalue weighted by molar-refractivity contribution is 0.0526. The van der Waals surface area contributed by atoms with Crippen molar-refractivity contribution in [3.8, 4) is 0 Å². The molecule has 1 fully saturated rings. The van der Waals surface area contributed by atoms with Crippen LogP contribution in [0.4, 0.5) is 10.5 Å². The smallest absolute Gasteiger partial charge is 0.411 e. The van der Waals surface area contributed by atoms with E-state index in [0.29, 0.717) is 23.8 Å². The number of hydrogen-bond donors (Lipinski definition) is 1. The highest BCUT2D eigenvalue weighted by molar-refractivity contribution is 5.91. The molecule has 0 aromatic heterocycles. The van der Waals surface area contributed by atoms with E-state index in [-0.39, 0.29) is 12.1 Å². The van der Waals surface area contributed by atoms with Crippen molar-refractivity contribution in [3.05, 3.63) is 29.8 Å². The lowest BCUT2D eigenvalue weighted by Crippen LogP contribution is -2.27. The highest BCUT2D eigenvalue weighted by atomic mass is 16.6. The number of benzene rings is 1. The fourth-order valence-electron chi connectivity index (χ4n) is 2.69. The molecule has 0 heterocycles. The first-order valence-electron chi connectivity index (χ1n) is 7.83. The van der Waals surface area contributed by atoms with Crippen LogP contribution in [0.2, 0.25) is 0 Å². The molecule has 1 saturated carbocycles. The molecule has 120 valence electrons. The number of carbonyl (C=O) groups excluding carboxylic acids is 2. The van der Waals surface area contributed by atoms with E-state index in [1.165, 1.54) is 6.42 Å². The number of hydrogen-bond acceptors (Lipinski definition) is 4. The Hall–Kier alpha value is -2.04. The summed E-state index contributed by atoms with van der Waals surface area (Å²) in [5.74, 6) is 0.239. The van der Waals surface area contributed by atoms with E-state index in [1.807, 2.05) is 0 Å². The third kappa shape index (κ3) is 4.76. The minimum absolute atomic E-state index is 0.00237. The normalized spacial score (nSPS) is 21.0. The molecule has 1 N–H and O–H groups in total. The Morgan fingerprint density at radius 1 is 1.23 bits per heavy atom. The van der Waals surface area contributed by atoms with Gasteiger partial charge >= 0.3 is 12.1 Å². The van der Waals surface area contributed by atoms with Gasteiger partial charge in [0, 0.05) is 5.69 Å². The maximum absolute atomic E-state index is 11.9.